The average molecular weight is 305 g/mol. The number of benzene rings is 1. The Hall–Kier alpha value is -1.63. The highest BCUT2D eigenvalue weighted by atomic mass is 16.8. The molecule has 2 saturated heterocycles. The summed E-state index contributed by atoms with van der Waals surface area (Å²) in [4.78, 5) is 2.78. The van der Waals surface area contributed by atoms with Gasteiger partial charge in [-0.05, 0) is 24.9 Å². The van der Waals surface area contributed by atoms with Gasteiger partial charge in [0.05, 0.1) is 19.3 Å². The average Bonchev–Trinajstić information content (AvgIpc) is 2.98. The molecule has 2 aliphatic heterocycles. The second kappa shape index (κ2) is 6.24. The predicted octanol–water partition coefficient (Wildman–Crippen LogP) is 2.76. The monoisotopic (exact) mass is 305 g/mol. The molecule has 4 atom stereocenters. The molecule has 2 aliphatic rings. The van der Waals surface area contributed by atoms with Crippen LogP contribution in [0.25, 0.3) is 10.4 Å². The van der Waals surface area contributed by atoms with Crippen LogP contribution in [-0.4, -0.2) is 36.9 Å². The van der Waals surface area contributed by atoms with E-state index in [1.54, 1.807) is 0 Å². The zero-order valence-corrected chi connectivity index (χ0v) is 12.6. The number of hydrogen-bond acceptors (Lipinski definition) is 5. The Morgan fingerprint density at radius 1 is 1.23 bits per heavy atom. The van der Waals surface area contributed by atoms with Gasteiger partial charge in [0.1, 0.15) is 12.2 Å². The van der Waals surface area contributed by atoms with E-state index in [1.807, 2.05) is 44.2 Å². The van der Waals surface area contributed by atoms with Gasteiger partial charge in [0.15, 0.2) is 12.1 Å². The number of nitrogens with zero attached hydrogens (tertiary/aromatic N) is 3. The first kappa shape index (κ1) is 15.3. The van der Waals surface area contributed by atoms with Crippen molar-refractivity contribution in [3.63, 3.8) is 0 Å². The molecule has 0 N–H and O–H groups in total. The van der Waals surface area contributed by atoms with Gasteiger partial charge < -0.3 is 18.9 Å². The van der Waals surface area contributed by atoms with E-state index >= 15 is 0 Å². The maximum Gasteiger partial charge on any atom is 0.187 e. The van der Waals surface area contributed by atoms with Gasteiger partial charge >= 0.3 is 0 Å². The lowest BCUT2D eigenvalue weighted by Gasteiger charge is -2.23. The molecule has 2 fully saturated rings. The molecule has 0 spiro atoms. The van der Waals surface area contributed by atoms with Crippen molar-refractivity contribution in [3.8, 4) is 0 Å². The quantitative estimate of drug-likeness (QED) is 0.475. The summed E-state index contributed by atoms with van der Waals surface area (Å²) in [6.07, 6.45) is -1.51. The Bertz CT molecular complexity index is 559. The normalized spacial score (nSPS) is 32.5. The van der Waals surface area contributed by atoms with Crippen LogP contribution in [-0.2, 0) is 25.6 Å². The van der Waals surface area contributed by atoms with Crippen LogP contribution in [0.5, 0.6) is 0 Å². The fourth-order valence-electron chi connectivity index (χ4n) is 2.79. The van der Waals surface area contributed by atoms with Crippen molar-refractivity contribution in [2.75, 3.05) is 6.54 Å². The smallest absolute Gasteiger partial charge is 0.187 e. The topological polar surface area (TPSA) is 85.7 Å². The highest BCUT2D eigenvalue weighted by Gasteiger charge is 2.55. The molecule has 2 heterocycles. The Balaban J connectivity index is 1.67. The summed E-state index contributed by atoms with van der Waals surface area (Å²) < 4.78 is 23.4. The van der Waals surface area contributed by atoms with Gasteiger partial charge in [-0.2, -0.15) is 0 Å². The number of hydrogen-bond donors (Lipinski definition) is 0. The van der Waals surface area contributed by atoms with E-state index < -0.39 is 12.1 Å². The Kier molecular flexibility index (Phi) is 4.33. The highest BCUT2D eigenvalue weighted by Crippen LogP contribution is 2.39. The molecule has 3 rings (SSSR count). The van der Waals surface area contributed by atoms with E-state index in [4.69, 9.17) is 24.5 Å². The minimum absolute atomic E-state index is 0.197. The standard InChI is InChI=1S/C15H19N3O4/c1-15(2)21-12-11(8-17-18-16)20-14(13(12)22-15)19-9-10-6-4-3-5-7-10/h3-7,11-14H,8-9H2,1-2H3/t11-,12+,13+,14+/m1/s1. The van der Waals surface area contributed by atoms with Crippen LogP contribution in [0.2, 0.25) is 0 Å². The Morgan fingerprint density at radius 2 is 1.95 bits per heavy atom. The van der Waals surface area contributed by atoms with Gasteiger partial charge in [-0.1, -0.05) is 35.4 Å². The lowest BCUT2D eigenvalue weighted by molar-refractivity contribution is -0.235. The fraction of sp³-hybridized carbons (Fsp3) is 0.600. The second-order valence-corrected chi connectivity index (χ2v) is 5.82. The molecule has 0 saturated carbocycles. The first-order valence-electron chi connectivity index (χ1n) is 7.26. The van der Waals surface area contributed by atoms with E-state index in [9.17, 15) is 0 Å². The zero-order chi connectivity index (χ0) is 15.6. The van der Waals surface area contributed by atoms with Gasteiger partial charge in [0, 0.05) is 4.91 Å². The van der Waals surface area contributed by atoms with Crippen LogP contribution in [0.4, 0.5) is 0 Å². The van der Waals surface area contributed by atoms with Crippen LogP contribution < -0.4 is 0 Å². The van der Waals surface area contributed by atoms with Crippen molar-refractivity contribution in [1.29, 1.82) is 0 Å². The van der Waals surface area contributed by atoms with Crippen LogP contribution >= 0.6 is 0 Å². The number of rotatable bonds is 5. The molecule has 22 heavy (non-hydrogen) atoms. The largest absolute Gasteiger partial charge is 0.345 e. The summed E-state index contributed by atoms with van der Waals surface area (Å²) in [6, 6.07) is 9.84. The molecule has 0 radical (unpaired) electrons. The van der Waals surface area contributed by atoms with Gasteiger partial charge in [-0.3, -0.25) is 0 Å². The SMILES string of the molecule is CC1(C)O[C@@H]2[C@@H](OCc3ccccc3)O[C@H](CN=[N+]=[N-])[C@@H]2O1. The zero-order valence-electron chi connectivity index (χ0n) is 12.6. The molecule has 0 unspecified atom stereocenters. The third-order valence-corrected chi connectivity index (χ3v) is 3.69. The molecule has 7 nitrogen and oxygen atoms in total. The number of azide groups is 1. The van der Waals surface area contributed by atoms with E-state index in [0.717, 1.165) is 5.56 Å². The van der Waals surface area contributed by atoms with Gasteiger partial charge in [-0.15, -0.1) is 0 Å². The summed E-state index contributed by atoms with van der Waals surface area (Å²) in [7, 11) is 0. The van der Waals surface area contributed by atoms with Gasteiger partial charge in [0.25, 0.3) is 0 Å². The first-order valence-corrected chi connectivity index (χ1v) is 7.26. The lowest BCUT2D eigenvalue weighted by atomic mass is 10.1. The number of ether oxygens (including phenoxy) is 4. The van der Waals surface area contributed by atoms with E-state index in [0.29, 0.717) is 6.61 Å². The summed E-state index contributed by atoms with van der Waals surface area (Å²) in [5, 5.41) is 3.58. The van der Waals surface area contributed by atoms with Crippen molar-refractivity contribution >= 4 is 0 Å². The number of fused-ring (bicyclic) bond motifs is 1. The van der Waals surface area contributed by atoms with Gasteiger partial charge in [0.2, 0.25) is 0 Å². The van der Waals surface area contributed by atoms with Crippen molar-refractivity contribution in [3.05, 3.63) is 46.3 Å². The molecule has 0 aliphatic carbocycles. The molecular formula is C15H19N3O4. The maximum absolute atomic E-state index is 8.49. The maximum atomic E-state index is 8.49. The molecule has 7 heteroatoms. The minimum Gasteiger partial charge on any atom is -0.345 e. The van der Waals surface area contributed by atoms with Crippen LogP contribution in [0.3, 0.4) is 0 Å². The van der Waals surface area contributed by atoms with E-state index in [1.165, 1.54) is 0 Å². The predicted molar refractivity (Wildman–Crippen MR) is 77.7 cm³/mol. The summed E-state index contributed by atoms with van der Waals surface area (Å²) in [5.41, 5.74) is 9.54. The summed E-state index contributed by atoms with van der Waals surface area (Å²) >= 11 is 0. The van der Waals surface area contributed by atoms with Crippen molar-refractivity contribution < 1.29 is 18.9 Å². The minimum atomic E-state index is -0.692. The lowest BCUT2D eigenvalue weighted by Crippen LogP contribution is -2.31. The Morgan fingerprint density at radius 3 is 2.68 bits per heavy atom. The van der Waals surface area contributed by atoms with Crippen LogP contribution in [0.1, 0.15) is 19.4 Å². The highest BCUT2D eigenvalue weighted by molar-refractivity contribution is 5.13. The molecule has 0 aromatic heterocycles. The first-order chi connectivity index (χ1) is 10.6. The molecule has 1 aromatic carbocycles. The van der Waals surface area contributed by atoms with Crippen molar-refractivity contribution in [2.45, 2.75) is 50.8 Å². The summed E-state index contributed by atoms with van der Waals surface area (Å²) in [5.74, 6) is -0.692. The fourth-order valence-corrected chi connectivity index (χ4v) is 2.79. The molecule has 0 amide bonds. The third kappa shape index (κ3) is 3.24. The van der Waals surface area contributed by atoms with E-state index in [2.05, 4.69) is 10.0 Å². The molecule has 1 aromatic rings. The van der Waals surface area contributed by atoms with E-state index in [-0.39, 0.29) is 24.9 Å². The van der Waals surface area contributed by atoms with Crippen molar-refractivity contribution in [1.82, 2.24) is 0 Å². The van der Waals surface area contributed by atoms with Crippen molar-refractivity contribution in [2.24, 2.45) is 5.11 Å². The van der Waals surface area contributed by atoms with Gasteiger partial charge in [-0.25, -0.2) is 0 Å². The summed E-state index contributed by atoms with van der Waals surface area (Å²) in [6.45, 7) is 4.32. The third-order valence-electron chi connectivity index (χ3n) is 3.69. The van der Waals surface area contributed by atoms with Crippen LogP contribution in [0, 0.1) is 0 Å². The Labute approximate surface area is 128 Å². The van der Waals surface area contributed by atoms with Crippen LogP contribution in [0.15, 0.2) is 35.4 Å². The second-order valence-electron chi connectivity index (χ2n) is 5.82. The molecule has 0 bridgehead atoms. The molecule has 118 valence electrons. The molecular weight excluding hydrogens is 286 g/mol.